The molecule has 2 fully saturated rings. The number of ether oxygens (including phenoxy) is 1. The van der Waals surface area contributed by atoms with Gasteiger partial charge in [-0.1, -0.05) is 0 Å². The van der Waals surface area contributed by atoms with E-state index in [1.54, 1.807) is 0 Å². The molecule has 2 saturated heterocycles. The highest BCUT2D eigenvalue weighted by Gasteiger charge is 2.31. The second-order valence-electron chi connectivity index (χ2n) is 7.48. The lowest BCUT2D eigenvalue weighted by Crippen LogP contribution is -2.51. The summed E-state index contributed by atoms with van der Waals surface area (Å²) in [4.78, 5) is 16.6. The first kappa shape index (κ1) is 16.6. The van der Waals surface area contributed by atoms with E-state index < -0.39 is 5.60 Å². The summed E-state index contributed by atoms with van der Waals surface area (Å²) in [6.45, 7) is 9.77. The van der Waals surface area contributed by atoms with Crippen molar-refractivity contribution in [2.24, 2.45) is 0 Å². The van der Waals surface area contributed by atoms with Gasteiger partial charge in [-0.15, -0.1) is 0 Å². The summed E-state index contributed by atoms with van der Waals surface area (Å²) in [5, 5.41) is 3.64. The minimum Gasteiger partial charge on any atom is -0.444 e. The fourth-order valence-corrected chi connectivity index (χ4v) is 3.18. The lowest BCUT2D eigenvalue weighted by molar-refractivity contribution is 0.00969. The molecule has 2 unspecified atom stereocenters. The molecule has 0 spiro atoms. The van der Waals surface area contributed by atoms with Crippen LogP contribution in [0.15, 0.2) is 0 Å². The van der Waals surface area contributed by atoms with Crippen LogP contribution in [0, 0.1) is 0 Å². The molecule has 0 bridgehead atoms. The van der Waals surface area contributed by atoms with Gasteiger partial charge in [0.25, 0.3) is 0 Å². The summed E-state index contributed by atoms with van der Waals surface area (Å²) in [6, 6.07) is 0.844. The number of nitrogens with zero attached hydrogens (tertiary/aromatic N) is 2. The minimum atomic E-state index is -0.416. The average molecular weight is 297 g/mol. The minimum absolute atomic E-state index is 0.155. The number of amides is 1. The van der Waals surface area contributed by atoms with Gasteiger partial charge < -0.3 is 19.9 Å². The van der Waals surface area contributed by atoms with Gasteiger partial charge in [-0.25, -0.2) is 4.79 Å². The molecule has 0 aliphatic carbocycles. The Bertz CT molecular complexity index is 354. The topological polar surface area (TPSA) is 44.8 Å². The Morgan fingerprint density at radius 1 is 1.24 bits per heavy atom. The summed E-state index contributed by atoms with van der Waals surface area (Å²) in [5.74, 6) is 0. The van der Waals surface area contributed by atoms with E-state index in [-0.39, 0.29) is 12.1 Å². The Labute approximate surface area is 129 Å². The zero-order valence-corrected chi connectivity index (χ0v) is 14.0. The van der Waals surface area contributed by atoms with Crippen molar-refractivity contribution < 1.29 is 9.53 Å². The van der Waals surface area contributed by atoms with E-state index in [2.05, 4.69) is 17.3 Å². The SMILES string of the molecule is CN1CCC(NCC2CCCCN2C(=O)OC(C)(C)C)C1. The second-order valence-corrected chi connectivity index (χ2v) is 7.48. The zero-order valence-electron chi connectivity index (χ0n) is 14.0. The number of carbonyl (C=O) groups is 1. The third-order valence-electron chi connectivity index (χ3n) is 4.29. The molecule has 2 rings (SSSR count). The van der Waals surface area contributed by atoms with Crippen LogP contribution in [0.4, 0.5) is 4.79 Å². The van der Waals surface area contributed by atoms with Gasteiger partial charge in [-0.05, 0) is 60.0 Å². The van der Waals surface area contributed by atoms with E-state index in [1.807, 2.05) is 25.7 Å². The third-order valence-corrected chi connectivity index (χ3v) is 4.29. The number of carbonyl (C=O) groups excluding carboxylic acids is 1. The molecule has 0 aromatic carbocycles. The number of piperidine rings is 1. The Kier molecular flexibility index (Phi) is 5.49. The van der Waals surface area contributed by atoms with Crippen molar-refractivity contribution in [2.45, 2.75) is 64.1 Å². The molecular formula is C16H31N3O2. The first-order valence-corrected chi connectivity index (χ1v) is 8.27. The smallest absolute Gasteiger partial charge is 0.410 e. The van der Waals surface area contributed by atoms with Gasteiger partial charge in [0.1, 0.15) is 5.60 Å². The van der Waals surface area contributed by atoms with Crippen molar-refractivity contribution in [1.82, 2.24) is 15.1 Å². The Morgan fingerprint density at radius 3 is 2.62 bits per heavy atom. The number of likely N-dealkylation sites (N-methyl/N-ethyl adjacent to an activating group) is 1. The molecular weight excluding hydrogens is 266 g/mol. The van der Waals surface area contributed by atoms with Gasteiger partial charge in [-0.3, -0.25) is 0 Å². The third kappa shape index (κ3) is 5.15. The molecule has 5 heteroatoms. The predicted octanol–water partition coefficient (Wildman–Crippen LogP) is 2.07. The van der Waals surface area contributed by atoms with Gasteiger partial charge in [0.2, 0.25) is 0 Å². The van der Waals surface area contributed by atoms with Crippen molar-refractivity contribution in [3.63, 3.8) is 0 Å². The Balaban J connectivity index is 1.85. The molecule has 0 aromatic heterocycles. The van der Waals surface area contributed by atoms with Crippen LogP contribution in [-0.4, -0.2) is 66.8 Å². The summed E-state index contributed by atoms with van der Waals surface area (Å²) >= 11 is 0. The highest BCUT2D eigenvalue weighted by molar-refractivity contribution is 5.68. The van der Waals surface area contributed by atoms with E-state index in [1.165, 1.54) is 12.8 Å². The summed E-state index contributed by atoms with van der Waals surface area (Å²) < 4.78 is 5.55. The molecule has 2 aliphatic heterocycles. The van der Waals surface area contributed by atoms with Crippen LogP contribution in [0.2, 0.25) is 0 Å². The number of likely N-dealkylation sites (tertiary alicyclic amines) is 2. The molecule has 0 aromatic rings. The fourth-order valence-electron chi connectivity index (χ4n) is 3.18. The summed E-state index contributed by atoms with van der Waals surface area (Å²) in [6.07, 6.45) is 4.42. The maximum absolute atomic E-state index is 12.3. The summed E-state index contributed by atoms with van der Waals surface area (Å²) in [7, 11) is 2.16. The van der Waals surface area contributed by atoms with Crippen LogP contribution in [0.3, 0.4) is 0 Å². The number of rotatable bonds is 3. The standard InChI is InChI=1S/C16H31N3O2/c1-16(2,3)21-15(20)19-9-6-5-7-14(19)11-17-13-8-10-18(4)12-13/h13-14,17H,5-12H2,1-4H3. The van der Waals surface area contributed by atoms with E-state index in [4.69, 9.17) is 4.74 Å². The average Bonchev–Trinajstić information content (AvgIpc) is 2.80. The van der Waals surface area contributed by atoms with E-state index in [0.29, 0.717) is 6.04 Å². The van der Waals surface area contributed by atoms with Gasteiger partial charge in [0.15, 0.2) is 0 Å². The molecule has 122 valence electrons. The van der Waals surface area contributed by atoms with Gasteiger partial charge in [0, 0.05) is 31.7 Å². The molecule has 2 atom stereocenters. The van der Waals surface area contributed by atoms with Crippen molar-refractivity contribution >= 4 is 6.09 Å². The Morgan fingerprint density at radius 2 is 2.00 bits per heavy atom. The molecule has 0 saturated carbocycles. The van der Waals surface area contributed by atoms with Crippen LogP contribution in [0.5, 0.6) is 0 Å². The van der Waals surface area contributed by atoms with Crippen molar-refractivity contribution in [3.8, 4) is 0 Å². The van der Waals surface area contributed by atoms with Crippen LogP contribution < -0.4 is 5.32 Å². The molecule has 5 nitrogen and oxygen atoms in total. The lowest BCUT2D eigenvalue weighted by Gasteiger charge is -2.37. The lowest BCUT2D eigenvalue weighted by atomic mass is 10.0. The van der Waals surface area contributed by atoms with Gasteiger partial charge >= 0.3 is 6.09 Å². The summed E-state index contributed by atoms with van der Waals surface area (Å²) in [5.41, 5.74) is -0.416. The molecule has 2 aliphatic rings. The first-order valence-electron chi connectivity index (χ1n) is 8.27. The zero-order chi connectivity index (χ0) is 15.5. The number of hydrogen-bond acceptors (Lipinski definition) is 4. The number of hydrogen-bond donors (Lipinski definition) is 1. The van der Waals surface area contributed by atoms with Crippen molar-refractivity contribution in [2.75, 3.05) is 33.2 Å². The quantitative estimate of drug-likeness (QED) is 0.866. The van der Waals surface area contributed by atoms with Gasteiger partial charge in [0.05, 0.1) is 0 Å². The molecule has 1 amide bonds. The fraction of sp³-hybridized carbons (Fsp3) is 0.938. The molecule has 2 heterocycles. The molecule has 21 heavy (non-hydrogen) atoms. The van der Waals surface area contributed by atoms with Crippen molar-refractivity contribution in [1.29, 1.82) is 0 Å². The van der Waals surface area contributed by atoms with Crippen LogP contribution >= 0.6 is 0 Å². The number of nitrogens with one attached hydrogen (secondary N) is 1. The van der Waals surface area contributed by atoms with Gasteiger partial charge in [-0.2, -0.15) is 0 Å². The van der Waals surface area contributed by atoms with Crippen LogP contribution in [-0.2, 0) is 4.74 Å². The molecule has 1 N–H and O–H groups in total. The van der Waals surface area contributed by atoms with Crippen LogP contribution in [0.1, 0.15) is 46.5 Å². The van der Waals surface area contributed by atoms with E-state index in [9.17, 15) is 4.79 Å². The van der Waals surface area contributed by atoms with E-state index >= 15 is 0 Å². The predicted molar refractivity (Wildman–Crippen MR) is 84.5 cm³/mol. The maximum Gasteiger partial charge on any atom is 0.410 e. The second kappa shape index (κ2) is 6.97. The van der Waals surface area contributed by atoms with Crippen LogP contribution in [0.25, 0.3) is 0 Å². The maximum atomic E-state index is 12.3. The highest BCUT2D eigenvalue weighted by Crippen LogP contribution is 2.20. The Hall–Kier alpha value is -0.810. The van der Waals surface area contributed by atoms with E-state index in [0.717, 1.165) is 39.0 Å². The van der Waals surface area contributed by atoms with Crippen molar-refractivity contribution in [3.05, 3.63) is 0 Å². The monoisotopic (exact) mass is 297 g/mol. The highest BCUT2D eigenvalue weighted by atomic mass is 16.6. The molecule has 0 radical (unpaired) electrons. The largest absolute Gasteiger partial charge is 0.444 e. The first-order chi connectivity index (χ1) is 9.85. The normalized spacial score (nSPS) is 27.9.